The van der Waals surface area contributed by atoms with Gasteiger partial charge >= 0.3 is 0 Å². The van der Waals surface area contributed by atoms with Crippen LogP contribution in [-0.4, -0.2) is 16.7 Å². The third-order valence-corrected chi connectivity index (χ3v) is 3.46. The molecule has 0 bridgehead atoms. The summed E-state index contributed by atoms with van der Waals surface area (Å²) in [6.45, 7) is 0. The molecule has 0 radical (unpaired) electrons. The minimum atomic E-state index is -0.286. The summed E-state index contributed by atoms with van der Waals surface area (Å²) in [7, 11) is 1.65. The van der Waals surface area contributed by atoms with Gasteiger partial charge in [0.1, 0.15) is 11.6 Å². The Labute approximate surface area is 123 Å². The summed E-state index contributed by atoms with van der Waals surface area (Å²) in [6.07, 6.45) is 3.69. The van der Waals surface area contributed by atoms with E-state index < -0.39 is 0 Å². The highest BCUT2D eigenvalue weighted by Crippen LogP contribution is 2.23. The minimum Gasteiger partial charge on any atom is -0.497 e. The molecule has 0 amide bonds. The van der Waals surface area contributed by atoms with Crippen LogP contribution in [0.5, 0.6) is 5.75 Å². The first-order valence-electron chi connectivity index (χ1n) is 6.78. The van der Waals surface area contributed by atoms with Gasteiger partial charge in [-0.2, -0.15) is 0 Å². The van der Waals surface area contributed by atoms with Crippen LogP contribution in [0, 0.1) is 0 Å². The van der Waals surface area contributed by atoms with Crippen molar-refractivity contribution in [2.45, 2.75) is 6.04 Å². The lowest BCUT2D eigenvalue weighted by Crippen LogP contribution is -2.17. The highest BCUT2D eigenvalue weighted by molar-refractivity contribution is 5.37. The van der Waals surface area contributed by atoms with E-state index in [2.05, 4.69) is 4.98 Å². The van der Waals surface area contributed by atoms with Gasteiger partial charge in [0, 0.05) is 18.1 Å². The van der Waals surface area contributed by atoms with Gasteiger partial charge in [-0.3, -0.25) is 0 Å². The molecule has 3 aromatic rings. The number of benzene rings is 2. The fourth-order valence-corrected chi connectivity index (χ4v) is 2.31. The molecule has 1 heterocycles. The lowest BCUT2D eigenvalue weighted by molar-refractivity contribution is 0.414. The van der Waals surface area contributed by atoms with Gasteiger partial charge in [-0.1, -0.05) is 30.3 Å². The lowest BCUT2D eigenvalue weighted by Gasteiger charge is -2.15. The summed E-state index contributed by atoms with van der Waals surface area (Å²) in [6, 6.07) is 17.5. The maximum absolute atomic E-state index is 6.37. The normalized spacial score (nSPS) is 12.1. The molecule has 4 heteroatoms. The third kappa shape index (κ3) is 2.66. The summed E-state index contributed by atoms with van der Waals surface area (Å²) in [5.74, 6) is 1.63. The van der Waals surface area contributed by atoms with Crippen LogP contribution in [0.3, 0.4) is 0 Å². The van der Waals surface area contributed by atoms with E-state index in [4.69, 9.17) is 10.5 Å². The zero-order valence-electron chi connectivity index (χ0n) is 11.8. The molecule has 0 aliphatic heterocycles. The largest absolute Gasteiger partial charge is 0.497 e. The van der Waals surface area contributed by atoms with Crippen LogP contribution in [0.2, 0.25) is 0 Å². The number of imidazole rings is 1. The molecule has 2 N–H and O–H groups in total. The molecule has 1 aromatic heterocycles. The predicted octanol–water partition coefficient (Wildman–Crippen LogP) is 2.93. The average molecular weight is 279 g/mol. The third-order valence-electron chi connectivity index (χ3n) is 3.46. The van der Waals surface area contributed by atoms with E-state index in [1.807, 2.05) is 65.4 Å². The van der Waals surface area contributed by atoms with E-state index in [1.54, 1.807) is 13.3 Å². The van der Waals surface area contributed by atoms with E-state index >= 15 is 0 Å². The van der Waals surface area contributed by atoms with Crippen LogP contribution in [-0.2, 0) is 0 Å². The number of nitrogens with zero attached hydrogens (tertiary/aromatic N) is 2. The summed E-state index contributed by atoms with van der Waals surface area (Å²) in [5.41, 5.74) is 8.42. The predicted molar refractivity (Wildman–Crippen MR) is 82.6 cm³/mol. The van der Waals surface area contributed by atoms with E-state index in [-0.39, 0.29) is 6.04 Å². The SMILES string of the molecule is COc1ccc(C(N)c2nccn2-c2ccccc2)cc1. The number of nitrogens with two attached hydrogens (primary N) is 1. The molecule has 0 aliphatic rings. The molecule has 21 heavy (non-hydrogen) atoms. The number of ether oxygens (including phenoxy) is 1. The Morgan fingerprint density at radius 1 is 1.05 bits per heavy atom. The molecule has 4 nitrogen and oxygen atoms in total. The Bertz CT molecular complexity index is 704. The van der Waals surface area contributed by atoms with Gasteiger partial charge in [0.2, 0.25) is 0 Å². The topological polar surface area (TPSA) is 53.1 Å². The quantitative estimate of drug-likeness (QED) is 0.799. The number of hydrogen-bond acceptors (Lipinski definition) is 3. The zero-order chi connectivity index (χ0) is 14.7. The van der Waals surface area contributed by atoms with Crippen LogP contribution in [0.4, 0.5) is 0 Å². The van der Waals surface area contributed by atoms with Gasteiger partial charge in [0.15, 0.2) is 0 Å². The number of hydrogen-bond donors (Lipinski definition) is 1. The maximum atomic E-state index is 6.37. The van der Waals surface area contributed by atoms with Crippen molar-refractivity contribution in [2.24, 2.45) is 5.73 Å². The summed E-state index contributed by atoms with van der Waals surface area (Å²) < 4.78 is 7.18. The first-order chi connectivity index (χ1) is 10.3. The van der Waals surface area contributed by atoms with Crippen molar-refractivity contribution < 1.29 is 4.74 Å². The standard InChI is InChI=1S/C17H17N3O/c1-21-15-9-7-13(8-10-15)16(18)17-19-11-12-20(17)14-5-3-2-4-6-14/h2-12,16H,18H2,1H3. The number of para-hydroxylation sites is 1. The van der Waals surface area contributed by atoms with E-state index in [0.29, 0.717) is 0 Å². The first-order valence-corrected chi connectivity index (χ1v) is 6.78. The molecule has 0 fully saturated rings. The van der Waals surface area contributed by atoms with Gasteiger partial charge in [-0.05, 0) is 29.8 Å². The van der Waals surface area contributed by atoms with Crippen molar-refractivity contribution in [3.8, 4) is 11.4 Å². The summed E-state index contributed by atoms with van der Waals surface area (Å²) in [4.78, 5) is 4.42. The van der Waals surface area contributed by atoms with Crippen molar-refractivity contribution >= 4 is 0 Å². The molecule has 0 saturated carbocycles. The van der Waals surface area contributed by atoms with Crippen molar-refractivity contribution in [2.75, 3.05) is 7.11 Å². The zero-order valence-corrected chi connectivity index (χ0v) is 11.8. The molecule has 2 aromatic carbocycles. The van der Waals surface area contributed by atoms with E-state index in [1.165, 1.54) is 0 Å². The van der Waals surface area contributed by atoms with Crippen LogP contribution in [0.25, 0.3) is 5.69 Å². The molecule has 1 unspecified atom stereocenters. The Kier molecular flexibility index (Phi) is 3.71. The second-order valence-electron chi connectivity index (χ2n) is 4.74. The molecule has 0 aliphatic carbocycles. The Morgan fingerprint density at radius 3 is 2.43 bits per heavy atom. The van der Waals surface area contributed by atoms with Gasteiger partial charge in [0.25, 0.3) is 0 Å². The monoisotopic (exact) mass is 279 g/mol. The van der Waals surface area contributed by atoms with Crippen LogP contribution < -0.4 is 10.5 Å². The van der Waals surface area contributed by atoms with Crippen LogP contribution in [0.1, 0.15) is 17.4 Å². The van der Waals surface area contributed by atoms with Crippen molar-refractivity contribution in [1.29, 1.82) is 0 Å². The van der Waals surface area contributed by atoms with Crippen molar-refractivity contribution in [3.63, 3.8) is 0 Å². The number of rotatable bonds is 4. The molecule has 3 rings (SSSR count). The molecule has 106 valence electrons. The minimum absolute atomic E-state index is 0.286. The Hall–Kier alpha value is -2.59. The van der Waals surface area contributed by atoms with Gasteiger partial charge in [-0.15, -0.1) is 0 Å². The lowest BCUT2D eigenvalue weighted by atomic mass is 10.1. The fraction of sp³-hybridized carbons (Fsp3) is 0.118. The van der Waals surface area contributed by atoms with Crippen LogP contribution >= 0.6 is 0 Å². The highest BCUT2D eigenvalue weighted by Gasteiger charge is 2.15. The maximum Gasteiger partial charge on any atom is 0.134 e. The summed E-state index contributed by atoms with van der Waals surface area (Å²) in [5, 5.41) is 0. The summed E-state index contributed by atoms with van der Waals surface area (Å²) >= 11 is 0. The first kappa shape index (κ1) is 13.4. The molecular weight excluding hydrogens is 262 g/mol. The second-order valence-corrected chi connectivity index (χ2v) is 4.74. The Morgan fingerprint density at radius 2 is 1.76 bits per heavy atom. The number of aromatic nitrogens is 2. The average Bonchev–Trinajstić information content (AvgIpc) is 3.04. The smallest absolute Gasteiger partial charge is 0.134 e. The second kappa shape index (κ2) is 5.81. The molecule has 0 saturated heterocycles. The molecular formula is C17H17N3O. The van der Waals surface area contributed by atoms with Crippen molar-refractivity contribution in [3.05, 3.63) is 78.4 Å². The van der Waals surface area contributed by atoms with E-state index in [0.717, 1.165) is 22.8 Å². The van der Waals surface area contributed by atoms with Gasteiger partial charge in [0.05, 0.1) is 13.2 Å². The fourth-order valence-electron chi connectivity index (χ4n) is 2.31. The molecule has 0 spiro atoms. The van der Waals surface area contributed by atoms with Gasteiger partial charge < -0.3 is 15.0 Å². The Balaban J connectivity index is 1.95. The van der Waals surface area contributed by atoms with Gasteiger partial charge in [-0.25, -0.2) is 4.98 Å². The van der Waals surface area contributed by atoms with E-state index in [9.17, 15) is 0 Å². The highest BCUT2D eigenvalue weighted by atomic mass is 16.5. The van der Waals surface area contributed by atoms with Crippen LogP contribution in [0.15, 0.2) is 67.0 Å². The van der Waals surface area contributed by atoms with Crippen molar-refractivity contribution in [1.82, 2.24) is 9.55 Å². The molecule has 1 atom stereocenters. The number of methoxy groups -OCH3 is 1.